The molecule has 0 aromatic rings. The second-order valence-corrected chi connectivity index (χ2v) is 7.19. The minimum Gasteiger partial charge on any atom is -0.341 e. The molecule has 2 fully saturated rings. The third-order valence-electron chi connectivity index (χ3n) is 3.48. The summed E-state index contributed by atoms with van der Waals surface area (Å²) in [5, 5.41) is 3.25. The number of amides is 1. The van der Waals surface area contributed by atoms with Crippen LogP contribution in [0, 0.1) is 5.92 Å². The standard InChI is InChI=1S/C11H20N2O3S/c14-11(13-5-1-3-12-4-6-13)8-10-2-7-17(15,16)9-10/h10,12H,1-9H2. The summed E-state index contributed by atoms with van der Waals surface area (Å²) in [6, 6.07) is 0. The first-order valence-electron chi connectivity index (χ1n) is 6.26. The number of rotatable bonds is 2. The predicted octanol–water partition coefficient (Wildman–Crippen LogP) is -0.367. The lowest BCUT2D eigenvalue weighted by Gasteiger charge is -2.21. The number of carbonyl (C=O) groups excluding carboxylic acids is 1. The Morgan fingerprint density at radius 3 is 2.82 bits per heavy atom. The molecule has 0 aromatic carbocycles. The molecule has 1 amide bonds. The third kappa shape index (κ3) is 3.67. The van der Waals surface area contributed by atoms with Crippen molar-refractivity contribution in [2.45, 2.75) is 19.3 Å². The molecular formula is C11H20N2O3S. The molecule has 0 saturated carbocycles. The average Bonchev–Trinajstić information content (AvgIpc) is 2.52. The summed E-state index contributed by atoms with van der Waals surface area (Å²) in [5.41, 5.74) is 0. The lowest BCUT2D eigenvalue weighted by atomic mass is 10.0. The van der Waals surface area contributed by atoms with Gasteiger partial charge in [-0.2, -0.15) is 0 Å². The van der Waals surface area contributed by atoms with Crippen LogP contribution in [0.2, 0.25) is 0 Å². The van der Waals surface area contributed by atoms with Crippen molar-refractivity contribution < 1.29 is 13.2 Å². The first kappa shape index (κ1) is 12.8. The van der Waals surface area contributed by atoms with Crippen LogP contribution < -0.4 is 5.32 Å². The molecule has 0 aromatic heterocycles. The molecule has 0 aliphatic carbocycles. The summed E-state index contributed by atoms with van der Waals surface area (Å²) in [6.45, 7) is 3.35. The summed E-state index contributed by atoms with van der Waals surface area (Å²) >= 11 is 0. The van der Waals surface area contributed by atoms with Crippen molar-refractivity contribution in [1.82, 2.24) is 10.2 Å². The van der Waals surface area contributed by atoms with Crippen molar-refractivity contribution in [3.05, 3.63) is 0 Å². The Morgan fingerprint density at radius 2 is 2.12 bits per heavy atom. The zero-order valence-electron chi connectivity index (χ0n) is 10.0. The fourth-order valence-corrected chi connectivity index (χ4v) is 4.37. The highest BCUT2D eigenvalue weighted by atomic mass is 32.2. The lowest BCUT2D eigenvalue weighted by Crippen LogP contribution is -2.35. The number of hydrogen-bond acceptors (Lipinski definition) is 4. The van der Waals surface area contributed by atoms with Crippen molar-refractivity contribution in [1.29, 1.82) is 0 Å². The molecule has 98 valence electrons. The molecule has 1 atom stereocenters. The van der Waals surface area contributed by atoms with E-state index in [2.05, 4.69) is 5.32 Å². The number of nitrogens with zero attached hydrogens (tertiary/aromatic N) is 1. The number of carbonyl (C=O) groups is 1. The minimum atomic E-state index is -2.86. The topological polar surface area (TPSA) is 66.5 Å². The number of hydrogen-bond donors (Lipinski definition) is 1. The molecule has 17 heavy (non-hydrogen) atoms. The third-order valence-corrected chi connectivity index (χ3v) is 5.32. The monoisotopic (exact) mass is 260 g/mol. The molecule has 1 unspecified atom stereocenters. The molecule has 2 aliphatic rings. The van der Waals surface area contributed by atoms with Crippen molar-refractivity contribution in [3.63, 3.8) is 0 Å². The zero-order valence-corrected chi connectivity index (χ0v) is 10.8. The molecule has 1 N–H and O–H groups in total. The molecular weight excluding hydrogens is 240 g/mol. The van der Waals surface area contributed by atoms with Crippen molar-refractivity contribution in [2.75, 3.05) is 37.7 Å². The SMILES string of the molecule is O=C(CC1CCS(=O)(=O)C1)N1CCCNCC1. The van der Waals surface area contributed by atoms with E-state index in [4.69, 9.17) is 0 Å². The highest BCUT2D eigenvalue weighted by Crippen LogP contribution is 2.22. The van der Waals surface area contributed by atoms with Gasteiger partial charge in [-0.15, -0.1) is 0 Å². The van der Waals surface area contributed by atoms with Crippen LogP contribution >= 0.6 is 0 Å². The highest BCUT2D eigenvalue weighted by molar-refractivity contribution is 7.91. The molecule has 2 aliphatic heterocycles. The van der Waals surface area contributed by atoms with E-state index in [1.165, 1.54) is 0 Å². The largest absolute Gasteiger partial charge is 0.341 e. The Morgan fingerprint density at radius 1 is 1.29 bits per heavy atom. The second kappa shape index (κ2) is 5.35. The van der Waals surface area contributed by atoms with E-state index in [9.17, 15) is 13.2 Å². The minimum absolute atomic E-state index is 0.0451. The van der Waals surface area contributed by atoms with E-state index in [0.717, 1.165) is 32.6 Å². The van der Waals surface area contributed by atoms with Gasteiger partial charge in [0.25, 0.3) is 0 Å². The normalized spacial score (nSPS) is 28.9. The molecule has 0 bridgehead atoms. The second-order valence-electron chi connectivity index (χ2n) is 4.96. The smallest absolute Gasteiger partial charge is 0.222 e. The van der Waals surface area contributed by atoms with Crippen LogP contribution in [0.25, 0.3) is 0 Å². The quantitative estimate of drug-likeness (QED) is 0.736. The van der Waals surface area contributed by atoms with Gasteiger partial charge >= 0.3 is 0 Å². The van der Waals surface area contributed by atoms with Gasteiger partial charge in [-0.25, -0.2) is 8.42 Å². The molecule has 6 heteroatoms. The Bertz CT molecular complexity index is 372. The Labute approximate surface area is 102 Å². The summed E-state index contributed by atoms with van der Waals surface area (Å²) in [5.74, 6) is 0.622. The molecule has 2 saturated heterocycles. The van der Waals surface area contributed by atoms with E-state index in [-0.39, 0.29) is 23.3 Å². The molecule has 2 heterocycles. The van der Waals surface area contributed by atoms with Gasteiger partial charge in [-0.1, -0.05) is 0 Å². The van der Waals surface area contributed by atoms with Crippen LogP contribution in [0.4, 0.5) is 0 Å². The van der Waals surface area contributed by atoms with Gasteiger partial charge in [0.2, 0.25) is 5.91 Å². The Balaban J connectivity index is 1.84. The van der Waals surface area contributed by atoms with Crippen LogP contribution in [-0.4, -0.2) is 56.9 Å². The molecule has 2 rings (SSSR count). The van der Waals surface area contributed by atoms with Crippen molar-refractivity contribution in [3.8, 4) is 0 Å². The summed E-state index contributed by atoms with van der Waals surface area (Å²) in [4.78, 5) is 13.9. The van der Waals surface area contributed by atoms with Gasteiger partial charge in [0.1, 0.15) is 0 Å². The highest BCUT2D eigenvalue weighted by Gasteiger charge is 2.30. The van der Waals surface area contributed by atoms with Crippen LogP contribution in [0.15, 0.2) is 0 Å². The number of sulfone groups is 1. The maximum Gasteiger partial charge on any atom is 0.222 e. The van der Waals surface area contributed by atoms with Gasteiger partial charge in [0.15, 0.2) is 9.84 Å². The van der Waals surface area contributed by atoms with Crippen LogP contribution in [0.3, 0.4) is 0 Å². The fraction of sp³-hybridized carbons (Fsp3) is 0.909. The van der Waals surface area contributed by atoms with Gasteiger partial charge in [-0.3, -0.25) is 4.79 Å². The molecule has 0 spiro atoms. The van der Waals surface area contributed by atoms with Crippen LogP contribution in [0.1, 0.15) is 19.3 Å². The molecule has 5 nitrogen and oxygen atoms in total. The van der Waals surface area contributed by atoms with E-state index in [0.29, 0.717) is 12.8 Å². The van der Waals surface area contributed by atoms with Crippen molar-refractivity contribution in [2.24, 2.45) is 5.92 Å². The van der Waals surface area contributed by atoms with Gasteiger partial charge in [0.05, 0.1) is 11.5 Å². The number of nitrogens with one attached hydrogen (secondary N) is 1. The van der Waals surface area contributed by atoms with Gasteiger partial charge < -0.3 is 10.2 Å². The first-order valence-corrected chi connectivity index (χ1v) is 8.08. The Hall–Kier alpha value is -0.620. The van der Waals surface area contributed by atoms with E-state index >= 15 is 0 Å². The van der Waals surface area contributed by atoms with E-state index < -0.39 is 9.84 Å². The van der Waals surface area contributed by atoms with Crippen LogP contribution in [0.5, 0.6) is 0 Å². The lowest BCUT2D eigenvalue weighted by molar-refractivity contribution is -0.131. The summed E-state index contributed by atoms with van der Waals surface area (Å²) in [7, 11) is -2.86. The van der Waals surface area contributed by atoms with Crippen LogP contribution in [-0.2, 0) is 14.6 Å². The maximum absolute atomic E-state index is 12.0. The van der Waals surface area contributed by atoms with Gasteiger partial charge in [-0.05, 0) is 25.3 Å². The predicted molar refractivity (Wildman–Crippen MR) is 65.4 cm³/mol. The molecule has 0 radical (unpaired) electrons. The average molecular weight is 260 g/mol. The summed E-state index contributed by atoms with van der Waals surface area (Å²) < 4.78 is 22.6. The summed E-state index contributed by atoms with van der Waals surface area (Å²) in [6.07, 6.45) is 2.04. The first-order chi connectivity index (χ1) is 8.07. The van der Waals surface area contributed by atoms with Crippen molar-refractivity contribution >= 4 is 15.7 Å². The van der Waals surface area contributed by atoms with E-state index in [1.54, 1.807) is 0 Å². The maximum atomic E-state index is 12.0. The van der Waals surface area contributed by atoms with E-state index in [1.807, 2.05) is 4.90 Å². The fourth-order valence-electron chi connectivity index (χ4n) is 2.50. The Kier molecular flexibility index (Phi) is 4.04. The zero-order chi connectivity index (χ0) is 12.3. The van der Waals surface area contributed by atoms with Gasteiger partial charge in [0, 0.05) is 26.1 Å².